The molecule has 3 aromatic rings. The minimum absolute atomic E-state index is 0.138. The van der Waals surface area contributed by atoms with E-state index in [0.29, 0.717) is 26.4 Å². The first-order chi connectivity index (χ1) is 14.3. The molecule has 0 fully saturated rings. The molecular weight excluding hydrogens is 364 g/mol. The van der Waals surface area contributed by atoms with Crippen molar-refractivity contribution < 1.29 is 19.3 Å². The minimum Gasteiger partial charge on any atom is -0.394 e. The van der Waals surface area contributed by atoms with E-state index < -0.39 is 6.10 Å². The van der Waals surface area contributed by atoms with Gasteiger partial charge in [0.1, 0.15) is 12.2 Å². The van der Waals surface area contributed by atoms with Gasteiger partial charge in [-0.05, 0) is 16.7 Å². The molecule has 0 saturated carbocycles. The summed E-state index contributed by atoms with van der Waals surface area (Å²) < 4.78 is 18.0. The SMILES string of the molecule is OC[C@@H](OCc1ccccc1)[C@H](COCc1ccccc1)OCc1ccccc1. The molecule has 4 heteroatoms. The molecule has 0 unspecified atom stereocenters. The van der Waals surface area contributed by atoms with Crippen LogP contribution < -0.4 is 0 Å². The van der Waals surface area contributed by atoms with Crippen molar-refractivity contribution in [2.75, 3.05) is 13.2 Å². The third kappa shape index (κ3) is 7.44. The second kappa shape index (κ2) is 12.1. The molecule has 0 heterocycles. The van der Waals surface area contributed by atoms with Gasteiger partial charge in [0.2, 0.25) is 0 Å². The molecule has 0 aromatic heterocycles. The maximum atomic E-state index is 9.93. The number of hydrogen-bond donors (Lipinski definition) is 1. The molecule has 0 amide bonds. The van der Waals surface area contributed by atoms with Gasteiger partial charge in [-0.1, -0.05) is 91.0 Å². The molecular formula is C25H28O4. The van der Waals surface area contributed by atoms with E-state index in [1.807, 2.05) is 91.0 Å². The van der Waals surface area contributed by atoms with Gasteiger partial charge in [0, 0.05) is 0 Å². The summed E-state index contributed by atoms with van der Waals surface area (Å²) in [5.41, 5.74) is 3.22. The molecule has 0 aliphatic carbocycles. The van der Waals surface area contributed by atoms with Gasteiger partial charge < -0.3 is 19.3 Å². The van der Waals surface area contributed by atoms with E-state index in [4.69, 9.17) is 14.2 Å². The van der Waals surface area contributed by atoms with Gasteiger partial charge in [-0.15, -0.1) is 0 Å². The zero-order valence-corrected chi connectivity index (χ0v) is 16.5. The maximum Gasteiger partial charge on any atom is 0.110 e. The highest BCUT2D eigenvalue weighted by Crippen LogP contribution is 2.13. The fourth-order valence-electron chi connectivity index (χ4n) is 2.96. The number of aliphatic hydroxyl groups is 1. The fourth-order valence-corrected chi connectivity index (χ4v) is 2.96. The Hall–Kier alpha value is -2.50. The number of benzene rings is 3. The summed E-state index contributed by atoms with van der Waals surface area (Å²) in [5, 5.41) is 9.93. The molecule has 0 aliphatic heterocycles. The number of aliphatic hydroxyl groups excluding tert-OH is 1. The first-order valence-corrected chi connectivity index (χ1v) is 9.88. The van der Waals surface area contributed by atoms with Crippen molar-refractivity contribution in [2.45, 2.75) is 32.0 Å². The summed E-state index contributed by atoms with van der Waals surface area (Å²) in [6.45, 7) is 1.53. The molecule has 3 rings (SSSR count). The summed E-state index contributed by atoms with van der Waals surface area (Å²) in [7, 11) is 0. The van der Waals surface area contributed by atoms with Crippen LogP contribution in [0.1, 0.15) is 16.7 Å². The standard InChI is InChI=1S/C25H28O4/c26-16-24(28-18-22-12-6-2-7-13-22)25(29-19-23-14-8-3-9-15-23)20-27-17-21-10-4-1-5-11-21/h1-15,24-26H,16-20H2/t24-,25+/m1/s1. The molecule has 29 heavy (non-hydrogen) atoms. The third-order valence-electron chi connectivity index (χ3n) is 4.60. The smallest absolute Gasteiger partial charge is 0.110 e. The van der Waals surface area contributed by atoms with Crippen LogP contribution in [0.2, 0.25) is 0 Å². The van der Waals surface area contributed by atoms with Gasteiger partial charge in [0.05, 0.1) is 33.0 Å². The molecule has 152 valence electrons. The lowest BCUT2D eigenvalue weighted by molar-refractivity contribution is -0.130. The Labute approximate surface area is 172 Å². The highest BCUT2D eigenvalue weighted by atomic mass is 16.6. The second-order valence-electron chi connectivity index (χ2n) is 6.85. The van der Waals surface area contributed by atoms with E-state index in [2.05, 4.69) is 0 Å². The maximum absolute atomic E-state index is 9.93. The van der Waals surface area contributed by atoms with Crippen molar-refractivity contribution >= 4 is 0 Å². The average molecular weight is 392 g/mol. The van der Waals surface area contributed by atoms with Crippen LogP contribution in [-0.2, 0) is 34.0 Å². The van der Waals surface area contributed by atoms with Gasteiger partial charge in [0.25, 0.3) is 0 Å². The quantitative estimate of drug-likeness (QED) is 0.497. The normalized spacial score (nSPS) is 13.1. The molecule has 0 aliphatic rings. The van der Waals surface area contributed by atoms with Crippen LogP contribution in [0.25, 0.3) is 0 Å². The summed E-state index contributed by atoms with van der Waals surface area (Å²) in [4.78, 5) is 0. The predicted octanol–water partition coefficient (Wildman–Crippen LogP) is 4.37. The topological polar surface area (TPSA) is 47.9 Å². The minimum atomic E-state index is -0.477. The first kappa shape index (κ1) is 21.2. The zero-order valence-electron chi connectivity index (χ0n) is 16.5. The van der Waals surface area contributed by atoms with Crippen molar-refractivity contribution in [3.8, 4) is 0 Å². The van der Waals surface area contributed by atoms with Crippen LogP contribution in [0.3, 0.4) is 0 Å². The molecule has 0 saturated heterocycles. The third-order valence-corrected chi connectivity index (χ3v) is 4.60. The Morgan fingerprint density at radius 2 is 0.966 bits per heavy atom. The van der Waals surface area contributed by atoms with Gasteiger partial charge in [0.15, 0.2) is 0 Å². The Morgan fingerprint density at radius 3 is 1.41 bits per heavy atom. The fraction of sp³-hybridized carbons (Fsp3) is 0.280. The van der Waals surface area contributed by atoms with Crippen LogP contribution in [0.4, 0.5) is 0 Å². The Morgan fingerprint density at radius 1 is 0.552 bits per heavy atom. The lowest BCUT2D eigenvalue weighted by atomic mass is 10.2. The molecule has 2 atom stereocenters. The van der Waals surface area contributed by atoms with Crippen LogP contribution >= 0.6 is 0 Å². The van der Waals surface area contributed by atoms with E-state index in [-0.39, 0.29) is 12.7 Å². The molecule has 4 nitrogen and oxygen atoms in total. The molecule has 0 bridgehead atoms. The Balaban J connectivity index is 1.59. The summed E-state index contributed by atoms with van der Waals surface area (Å²) in [6.07, 6.45) is -0.859. The highest BCUT2D eigenvalue weighted by molar-refractivity contribution is 5.15. The number of rotatable bonds is 12. The van der Waals surface area contributed by atoms with Crippen LogP contribution in [0.15, 0.2) is 91.0 Å². The monoisotopic (exact) mass is 392 g/mol. The molecule has 0 radical (unpaired) electrons. The Kier molecular flexibility index (Phi) is 8.88. The number of hydrogen-bond acceptors (Lipinski definition) is 4. The van der Waals surface area contributed by atoms with E-state index in [1.54, 1.807) is 0 Å². The average Bonchev–Trinajstić information content (AvgIpc) is 2.79. The predicted molar refractivity (Wildman–Crippen MR) is 113 cm³/mol. The zero-order chi connectivity index (χ0) is 20.2. The van der Waals surface area contributed by atoms with Crippen LogP contribution in [0, 0.1) is 0 Å². The first-order valence-electron chi connectivity index (χ1n) is 9.88. The van der Waals surface area contributed by atoms with Crippen LogP contribution in [-0.4, -0.2) is 30.5 Å². The summed E-state index contributed by atoms with van der Waals surface area (Å²) in [6, 6.07) is 29.9. The van der Waals surface area contributed by atoms with Gasteiger partial charge in [-0.3, -0.25) is 0 Å². The van der Waals surface area contributed by atoms with E-state index in [1.165, 1.54) is 0 Å². The van der Waals surface area contributed by atoms with Crippen molar-refractivity contribution in [3.63, 3.8) is 0 Å². The molecule has 0 spiro atoms. The summed E-state index contributed by atoms with van der Waals surface area (Å²) in [5.74, 6) is 0. The van der Waals surface area contributed by atoms with Gasteiger partial charge in [-0.25, -0.2) is 0 Å². The summed E-state index contributed by atoms with van der Waals surface area (Å²) >= 11 is 0. The van der Waals surface area contributed by atoms with Gasteiger partial charge in [-0.2, -0.15) is 0 Å². The second-order valence-corrected chi connectivity index (χ2v) is 6.85. The molecule has 3 aromatic carbocycles. The van der Waals surface area contributed by atoms with Crippen molar-refractivity contribution in [1.29, 1.82) is 0 Å². The number of ether oxygens (including phenoxy) is 3. The van der Waals surface area contributed by atoms with E-state index in [9.17, 15) is 5.11 Å². The highest BCUT2D eigenvalue weighted by Gasteiger charge is 2.23. The largest absolute Gasteiger partial charge is 0.394 e. The Bertz CT molecular complexity index is 793. The lowest BCUT2D eigenvalue weighted by Gasteiger charge is -2.26. The van der Waals surface area contributed by atoms with Crippen molar-refractivity contribution in [2.24, 2.45) is 0 Å². The lowest BCUT2D eigenvalue weighted by Crippen LogP contribution is -2.38. The molecule has 1 N–H and O–H groups in total. The van der Waals surface area contributed by atoms with Crippen molar-refractivity contribution in [1.82, 2.24) is 0 Å². The van der Waals surface area contributed by atoms with Gasteiger partial charge >= 0.3 is 0 Å². The van der Waals surface area contributed by atoms with Crippen LogP contribution in [0.5, 0.6) is 0 Å². The van der Waals surface area contributed by atoms with E-state index >= 15 is 0 Å². The van der Waals surface area contributed by atoms with Crippen molar-refractivity contribution in [3.05, 3.63) is 108 Å². The van der Waals surface area contributed by atoms with E-state index in [0.717, 1.165) is 16.7 Å².